The molecule has 2 aromatic rings. The molecular weight excluding hydrogens is 280 g/mol. The van der Waals surface area contributed by atoms with Crippen LogP contribution in [0, 0.1) is 11.3 Å². The summed E-state index contributed by atoms with van der Waals surface area (Å²) in [5.41, 5.74) is 6.48. The maximum atomic E-state index is 8.57. The molecule has 1 heterocycles. The van der Waals surface area contributed by atoms with Crippen molar-refractivity contribution in [2.45, 2.75) is 10.8 Å². The molecule has 0 unspecified atom stereocenters. The number of rotatable bonds is 6. The number of anilines is 1. The molecule has 0 atom stereocenters. The normalized spacial score (nSPS) is 10.1. The van der Waals surface area contributed by atoms with Gasteiger partial charge in [0, 0.05) is 5.75 Å². The van der Waals surface area contributed by atoms with E-state index in [1.807, 2.05) is 24.3 Å². The first-order chi connectivity index (χ1) is 9.28. The molecule has 0 amide bonds. The molecule has 0 saturated heterocycles. The molecule has 98 valence electrons. The molecule has 2 rings (SSSR count). The molecule has 0 bridgehead atoms. The van der Waals surface area contributed by atoms with Crippen LogP contribution in [0.25, 0.3) is 0 Å². The van der Waals surface area contributed by atoms with Gasteiger partial charge in [0.2, 0.25) is 5.13 Å². The van der Waals surface area contributed by atoms with Crippen LogP contribution in [0.4, 0.5) is 5.13 Å². The van der Waals surface area contributed by atoms with E-state index in [0.717, 1.165) is 21.4 Å². The standard InChI is InChI=1S/C12H12N4OS2/c13-6-5-9-1-3-10(4-2-9)17-7-8-18-12-16-15-11(14)19-12/h1-4H,5,7-8H2,(H2,14,15). The Bertz CT molecular complexity index is 562. The Morgan fingerprint density at radius 3 is 2.74 bits per heavy atom. The largest absolute Gasteiger partial charge is 0.493 e. The van der Waals surface area contributed by atoms with E-state index in [-0.39, 0.29) is 0 Å². The van der Waals surface area contributed by atoms with Crippen molar-refractivity contribution in [2.75, 3.05) is 18.1 Å². The molecule has 0 aliphatic carbocycles. The molecule has 19 heavy (non-hydrogen) atoms. The molecule has 0 aliphatic rings. The summed E-state index contributed by atoms with van der Waals surface area (Å²) >= 11 is 2.94. The number of hydrogen-bond donors (Lipinski definition) is 1. The monoisotopic (exact) mass is 292 g/mol. The van der Waals surface area contributed by atoms with Crippen LogP contribution in [0.3, 0.4) is 0 Å². The zero-order chi connectivity index (χ0) is 13.5. The van der Waals surface area contributed by atoms with Gasteiger partial charge in [-0.05, 0) is 17.7 Å². The molecule has 0 fully saturated rings. The number of aromatic nitrogens is 2. The minimum absolute atomic E-state index is 0.425. The highest BCUT2D eigenvalue weighted by Crippen LogP contribution is 2.23. The minimum atomic E-state index is 0.425. The highest BCUT2D eigenvalue weighted by Gasteiger charge is 2.01. The zero-order valence-electron chi connectivity index (χ0n) is 10.1. The second-order valence-corrected chi connectivity index (χ2v) is 5.93. The quantitative estimate of drug-likeness (QED) is 0.650. The van der Waals surface area contributed by atoms with E-state index >= 15 is 0 Å². The summed E-state index contributed by atoms with van der Waals surface area (Å²) in [7, 11) is 0. The number of nitrogens with two attached hydrogens (primary N) is 1. The van der Waals surface area contributed by atoms with Crippen LogP contribution >= 0.6 is 23.1 Å². The van der Waals surface area contributed by atoms with Gasteiger partial charge in [-0.15, -0.1) is 10.2 Å². The molecule has 1 aromatic carbocycles. The lowest BCUT2D eigenvalue weighted by Gasteiger charge is -2.05. The van der Waals surface area contributed by atoms with Crippen molar-refractivity contribution in [3.05, 3.63) is 29.8 Å². The summed E-state index contributed by atoms with van der Waals surface area (Å²) in [4.78, 5) is 0. The van der Waals surface area contributed by atoms with Gasteiger partial charge in [-0.1, -0.05) is 35.2 Å². The summed E-state index contributed by atoms with van der Waals surface area (Å²) < 4.78 is 6.44. The van der Waals surface area contributed by atoms with Gasteiger partial charge in [0.05, 0.1) is 19.1 Å². The Morgan fingerprint density at radius 2 is 2.11 bits per heavy atom. The first kappa shape index (κ1) is 13.6. The molecular formula is C12H12N4OS2. The zero-order valence-corrected chi connectivity index (χ0v) is 11.7. The van der Waals surface area contributed by atoms with Crippen LogP contribution < -0.4 is 10.5 Å². The average Bonchev–Trinajstić information content (AvgIpc) is 2.83. The highest BCUT2D eigenvalue weighted by atomic mass is 32.2. The van der Waals surface area contributed by atoms with E-state index in [1.165, 1.54) is 11.3 Å². The smallest absolute Gasteiger partial charge is 0.203 e. The van der Waals surface area contributed by atoms with E-state index in [4.69, 9.17) is 15.7 Å². The Hall–Kier alpha value is -1.78. The maximum Gasteiger partial charge on any atom is 0.203 e. The predicted octanol–water partition coefficient (Wildman–Crippen LogP) is 2.36. The fraction of sp³-hybridized carbons (Fsp3) is 0.250. The Balaban J connectivity index is 1.72. The fourth-order valence-corrected chi connectivity index (χ4v) is 2.89. The summed E-state index contributed by atoms with van der Waals surface area (Å²) in [6.07, 6.45) is 0.425. The second-order valence-electron chi connectivity index (χ2n) is 3.58. The summed E-state index contributed by atoms with van der Waals surface area (Å²) in [5, 5.41) is 16.7. The van der Waals surface area contributed by atoms with Crippen LogP contribution in [0.5, 0.6) is 5.75 Å². The summed E-state index contributed by atoms with van der Waals surface area (Å²) in [6.45, 7) is 0.585. The maximum absolute atomic E-state index is 8.57. The number of hydrogen-bond acceptors (Lipinski definition) is 7. The third-order valence-electron chi connectivity index (χ3n) is 2.21. The number of benzene rings is 1. The van der Waals surface area contributed by atoms with E-state index in [0.29, 0.717) is 18.2 Å². The third-order valence-corrected chi connectivity index (χ3v) is 4.06. The van der Waals surface area contributed by atoms with Crippen molar-refractivity contribution in [3.8, 4) is 11.8 Å². The third kappa shape index (κ3) is 4.43. The molecule has 5 nitrogen and oxygen atoms in total. The van der Waals surface area contributed by atoms with Gasteiger partial charge >= 0.3 is 0 Å². The van der Waals surface area contributed by atoms with Crippen LogP contribution in [0.15, 0.2) is 28.6 Å². The van der Waals surface area contributed by atoms with Crippen molar-refractivity contribution in [1.82, 2.24) is 10.2 Å². The number of nitriles is 1. The van der Waals surface area contributed by atoms with Crippen molar-refractivity contribution < 1.29 is 4.74 Å². The molecule has 0 aliphatic heterocycles. The first-order valence-electron chi connectivity index (χ1n) is 5.58. The van der Waals surface area contributed by atoms with Crippen LogP contribution in [-0.2, 0) is 6.42 Å². The lowest BCUT2D eigenvalue weighted by atomic mass is 10.2. The summed E-state index contributed by atoms with van der Waals surface area (Å²) in [5.74, 6) is 1.59. The topological polar surface area (TPSA) is 84.8 Å². The molecule has 1 aromatic heterocycles. The Kier molecular flexibility index (Phi) is 5.01. The van der Waals surface area contributed by atoms with Crippen molar-refractivity contribution >= 4 is 28.2 Å². The molecule has 2 N–H and O–H groups in total. The minimum Gasteiger partial charge on any atom is -0.493 e. The second kappa shape index (κ2) is 6.97. The first-order valence-corrected chi connectivity index (χ1v) is 7.38. The number of thioether (sulfide) groups is 1. The van der Waals surface area contributed by atoms with E-state index in [9.17, 15) is 0 Å². The molecule has 7 heteroatoms. The lowest BCUT2D eigenvalue weighted by molar-refractivity contribution is 0.344. The van der Waals surface area contributed by atoms with Gasteiger partial charge in [-0.2, -0.15) is 5.26 Å². The van der Waals surface area contributed by atoms with Gasteiger partial charge in [0.15, 0.2) is 4.34 Å². The van der Waals surface area contributed by atoms with Crippen molar-refractivity contribution in [2.24, 2.45) is 0 Å². The van der Waals surface area contributed by atoms with Crippen LogP contribution in [0.1, 0.15) is 5.56 Å². The number of nitrogen functional groups attached to an aromatic ring is 1. The average molecular weight is 292 g/mol. The van der Waals surface area contributed by atoms with Crippen molar-refractivity contribution in [3.63, 3.8) is 0 Å². The van der Waals surface area contributed by atoms with E-state index < -0.39 is 0 Å². The van der Waals surface area contributed by atoms with E-state index in [1.54, 1.807) is 11.8 Å². The fourth-order valence-electron chi connectivity index (χ4n) is 1.36. The van der Waals surface area contributed by atoms with Gasteiger partial charge in [-0.25, -0.2) is 0 Å². The van der Waals surface area contributed by atoms with Gasteiger partial charge < -0.3 is 10.5 Å². The lowest BCUT2D eigenvalue weighted by Crippen LogP contribution is -2.00. The summed E-state index contributed by atoms with van der Waals surface area (Å²) in [6, 6.07) is 9.66. The van der Waals surface area contributed by atoms with Gasteiger partial charge in [-0.3, -0.25) is 0 Å². The van der Waals surface area contributed by atoms with E-state index in [2.05, 4.69) is 16.3 Å². The van der Waals surface area contributed by atoms with Crippen molar-refractivity contribution in [1.29, 1.82) is 5.26 Å². The van der Waals surface area contributed by atoms with Crippen LogP contribution in [-0.4, -0.2) is 22.6 Å². The SMILES string of the molecule is N#CCc1ccc(OCCSc2nnc(N)s2)cc1. The van der Waals surface area contributed by atoms with Gasteiger partial charge in [0.25, 0.3) is 0 Å². The number of nitrogens with zero attached hydrogens (tertiary/aromatic N) is 3. The molecule has 0 radical (unpaired) electrons. The number of ether oxygens (including phenoxy) is 1. The Morgan fingerprint density at radius 1 is 1.32 bits per heavy atom. The van der Waals surface area contributed by atoms with Crippen LogP contribution in [0.2, 0.25) is 0 Å². The highest BCUT2D eigenvalue weighted by molar-refractivity contribution is 8.01. The molecule has 0 spiro atoms. The molecule has 0 saturated carbocycles. The van der Waals surface area contributed by atoms with Gasteiger partial charge in [0.1, 0.15) is 5.75 Å². The predicted molar refractivity (Wildman–Crippen MR) is 76.3 cm³/mol. The Labute approximate surface area is 119 Å².